The van der Waals surface area contributed by atoms with E-state index < -0.39 is 50.8 Å². The number of hydrogen-bond acceptors (Lipinski definition) is 11. The maximum Gasteiger partial charge on any atom is 0.472 e. The molecule has 0 saturated heterocycles. The first-order valence-electron chi connectivity index (χ1n) is 25.1. The first-order chi connectivity index (χ1) is 30.0. The van der Waals surface area contributed by atoms with Gasteiger partial charge in [0.2, 0.25) is 0 Å². The number of aliphatic hydroxyl groups is 3. The summed E-state index contributed by atoms with van der Waals surface area (Å²) < 4.78 is 32.9. The van der Waals surface area contributed by atoms with Crippen LogP contribution < -0.4 is 5.73 Å². The van der Waals surface area contributed by atoms with Crippen LogP contribution in [-0.4, -0.2) is 82.9 Å². The second-order valence-corrected chi connectivity index (χ2v) is 19.1. The molecule has 364 valence electrons. The zero-order chi connectivity index (χ0) is 45.5. The molecule has 12 nitrogen and oxygen atoms in total. The third-order valence-corrected chi connectivity index (χ3v) is 12.9. The van der Waals surface area contributed by atoms with Crippen molar-refractivity contribution in [1.82, 2.24) is 0 Å². The van der Waals surface area contributed by atoms with Crippen molar-refractivity contribution in [3.05, 3.63) is 24.3 Å². The average molecular weight is 902 g/mol. The van der Waals surface area contributed by atoms with Gasteiger partial charge in [-0.2, -0.15) is 0 Å². The summed E-state index contributed by atoms with van der Waals surface area (Å²) in [6, 6.07) is 0. The Morgan fingerprint density at radius 3 is 1.77 bits per heavy atom. The van der Waals surface area contributed by atoms with Crippen LogP contribution in [0.15, 0.2) is 24.3 Å². The molecular formula is C49H92NO11P. The molecule has 0 bridgehead atoms. The summed E-state index contributed by atoms with van der Waals surface area (Å²) >= 11 is 0. The van der Waals surface area contributed by atoms with Crippen molar-refractivity contribution >= 4 is 19.8 Å². The number of carbonyl (C=O) groups excluding carboxylic acids is 2. The van der Waals surface area contributed by atoms with E-state index in [4.69, 9.17) is 24.3 Å². The standard InChI is InChI=1S/C49H92NO11P/c1-3-5-7-8-9-10-11-12-13-14-15-16-17-18-19-20-21-22-23-24-29-33-48(54)58-40-43(41-60-62(56,57)59-38-37-50)61-49(55)34-30-26-25-28-32-44-45(47(53)39-46(44)52)36-35-42(51)31-27-6-4-2/h12-13,35-36,42-47,51-53H,3-11,14-34,37-41,50H2,1-2H3,(H,56,57)/b13-12-,36-35+/t42-,43+,44+,45+,46-,47+/m0/s1. The first kappa shape index (κ1) is 58.4. The second kappa shape index (κ2) is 39.7. The Morgan fingerprint density at radius 2 is 1.19 bits per heavy atom. The largest absolute Gasteiger partial charge is 0.472 e. The van der Waals surface area contributed by atoms with Crippen LogP contribution in [0.1, 0.15) is 213 Å². The van der Waals surface area contributed by atoms with Gasteiger partial charge in [-0.15, -0.1) is 0 Å². The molecule has 0 amide bonds. The van der Waals surface area contributed by atoms with Gasteiger partial charge in [0.15, 0.2) is 6.10 Å². The molecule has 0 radical (unpaired) electrons. The van der Waals surface area contributed by atoms with Crippen molar-refractivity contribution in [2.24, 2.45) is 17.6 Å². The number of phosphoric acid groups is 1. The third-order valence-electron chi connectivity index (χ3n) is 11.9. The number of ether oxygens (including phenoxy) is 2. The Morgan fingerprint density at radius 1 is 0.677 bits per heavy atom. The summed E-state index contributed by atoms with van der Waals surface area (Å²) in [5.41, 5.74) is 5.36. The average Bonchev–Trinajstić information content (AvgIpc) is 3.52. The van der Waals surface area contributed by atoms with Gasteiger partial charge in [-0.25, -0.2) is 4.57 Å². The van der Waals surface area contributed by atoms with Crippen LogP contribution >= 0.6 is 7.82 Å². The number of rotatable bonds is 43. The first-order valence-corrected chi connectivity index (χ1v) is 26.6. The van der Waals surface area contributed by atoms with Gasteiger partial charge < -0.3 is 35.4 Å². The van der Waals surface area contributed by atoms with Crippen molar-refractivity contribution in [2.45, 2.75) is 237 Å². The Balaban J connectivity index is 2.27. The van der Waals surface area contributed by atoms with Crippen molar-refractivity contribution in [3.8, 4) is 0 Å². The topological polar surface area (TPSA) is 195 Å². The van der Waals surface area contributed by atoms with Gasteiger partial charge in [-0.1, -0.05) is 167 Å². The van der Waals surface area contributed by atoms with Gasteiger partial charge in [0.05, 0.1) is 31.5 Å². The fourth-order valence-electron chi connectivity index (χ4n) is 8.14. The molecule has 1 rings (SSSR count). The van der Waals surface area contributed by atoms with Crippen LogP contribution in [0.3, 0.4) is 0 Å². The molecule has 1 aliphatic carbocycles. The molecule has 1 unspecified atom stereocenters. The maximum atomic E-state index is 12.8. The van der Waals surface area contributed by atoms with Crippen LogP contribution in [0.5, 0.6) is 0 Å². The minimum Gasteiger partial charge on any atom is -0.462 e. The van der Waals surface area contributed by atoms with E-state index in [9.17, 15) is 34.4 Å². The second-order valence-electron chi connectivity index (χ2n) is 17.6. The van der Waals surface area contributed by atoms with Crippen molar-refractivity contribution in [3.63, 3.8) is 0 Å². The van der Waals surface area contributed by atoms with Crippen molar-refractivity contribution in [1.29, 1.82) is 0 Å². The fraction of sp³-hybridized carbons (Fsp3) is 0.878. The van der Waals surface area contributed by atoms with Gasteiger partial charge >= 0.3 is 19.8 Å². The van der Waals surface area contributed by atoms with E-state index in [1.807, 2.05) is 6.08 Å². The number of hydrogen-bond donors (Lipinski definition) is 5. The van der Waals surface area contributed by atoms with Crippen LogP contribution in [-0.2, 0) is 32.7 Å². The molecule has 1 saturated carbocycles. The normalized spacial score (nSPS) is 19.9. The predicted octanol–water partition coefficient (Wildman–Crippen LogP) is 11.1. The highest BCUT2D eigenvalue weighted by molar-refractivity contribution is 7.47. The quantitative estimate of drug-likeness (QED) is 0.0168. The zero-order valence-corrected chi connectivity index (χ0v) is 40.1. The lowest BCUT2D eigenvalue weighted by Gasteiger charge is -2.21. The van der Waals surface area contributed by atoms with E-state index in [0.29, 0.717) is 25.7 Å². The summed E-state index contributed by atoms with van der Waals surface area (Å²) in [6.07, 6.45) is 37.0. The number of esters is 2. The molecular weight excluding hydrogens is 810 g/mol. The molecule has 1 fully saturated rings. The molecule has 0 heterocycles. The van der Waals surface area contributed by atoms with Crippen LogP contribution in [0, 0.1) is 11.8 Å². The Bertz CT molecular complexity index is 1190. The number of aliphatic hydroxyl groups excluding tert-OH is 3. The van der Waals surface area contributed by atoms with Crippen LogP contribution in [0.4, 0.5) is 0 Å². The number of carbonyl (C=O) groups is 2. The fourth-order valence-corrected chi connectivity index (χ4v) is 8.90. The SMILES string of the molecule is CCCCCCCC/C=C\CCCCCCCCCCCCCC(=O)OC[C@H](COP(=O)(O)OCCN)OC(=O)CCCCCC[C@@H]1[C@@H](/C=C/[C@@H](O)CCCCC)[C@H](O)C[C@@H]1O. The van der Waals surface area contributed by atoms with Gasteiger partial charge in [0, 0.05) is 31.7 Å². The van der Waals surface area contributed by atoms with Gasteiger partial charge in [0.1, 0.15) is 6.61 Å². The minimum absolute atomic E-state index is 0.0198. The van der Waals surface area contributed by atoms with Crippen molar-refractivity contribution < 1.29 is 52.9 Å². The molecule has 0 aromatic rings. The third kappa shape index (κ3) is 32.9. The summed E-state index contributed by atoms with van der Waals surface area (Å²) in [6.45, 7) is 3.41. The lowest BCUT2D eigenvalue weighted by atomic mass is 9.88. The molecule has 13 heteroatoms. The van der Waals surface area contributed by atoms with E-state index in [2.05, 4.69) is 26.0 Å². The van der Waals surface area contributed by atoms with E-state index in [1.165, 1.54) is 96.3 Å². The van der Waals surface area contributed by atoms with Gasteiger partial charge in [-0.05, 0) is 57.3 Å². The number of nitrogens with two attached hydrogens (primary N) is 1. The van der Waals surface area contributed by atoms with Crippen molar-refractivity contribution in [2.75, 3.05) is 26.4 Å². The molecule has 0 aliphatic heterocycles. The van der Waals surface area contributed by atoms with E-state index >= 15 is 0 Å². The monoisotopic (exact) mass is 902 g/mol. The highest BCUT2D eigenvalue weighted by Crippen LogP contribution is 2.43. The Kier molecular flexibility index (Phi) is 37.4. The molecule has 0 aromatic carbocycles. The molecule has 1 aliphatic rings. The van der Waals surface area contributed by atoms with Gasteiger partial charge in [-0.3, -0.25) is 18.6 Å². The number of unbranched alkanes of at least 4 members (excludes halogenated alkanes) is 22. The lowest BCUT2D eigenvalue weighted by Crippen LogP contribution is -2.29. The smallest absolute Gasteiger partial charge is 0.462 e. The maximum absolute atomic E-state index is 12.8. The minimum atomic E-state index is -4.44. The molecule has 62 heavy (non-hydrogen) atoms. The predicted molar refractivity (Wildman–Crippen MR) is 249 cm³/mol. The summed E-state index contributed by atoms with van der Waals surface area (Å²) in [7, 11) is -4.44. The van der Waals surface area contributed by atoms with Gasteiger partial charge in [0.25, 0.3) is 0 Å². The number of allylic oxidation sites excluding steroid dienone is 2. The van der Waals surface area contributed by atoms with E-state index in [-0.39, 0.29) is 44.4 Å². The molecule has 0 spiro atoms. The molecule has 7 atom stereocenters. The van der Waals surface area contributed by atoms with E-state index in [0.717, 1.165) is 64.2 Å². The Labute approximate surface area is 377 Å². The summed E-state index contributed by atoms with van der Waals surface area (Å²) in [5, 5.41) is 31.4. The number of phosphoric ester groups is 1. The molecule has 6 N–H and O–H groups in total. The van der Waals surface area contributed by atoms with Crippen LogP contribution in [0.2, 0.25) is 0 Å². The zero-order valence-electron chi connectivity index (χ0n) is 39.2. The van der Waals surface area contributed by atoms with E-state index in [1.54, 1.807) is 6.08 Å². The summed E-state index contributed by atoms with van der Waals surface area (Å²) in [5.74, 6) is -1.26. The Hall–Kier alpha value is -1.63. The lowest BCUT2D eigenvalue weighted by molar-refractivity contribution is -0.161. The molecule has 0 aromatic heterocycles. The van der Waals surface area contributed by atoms with Crippen LogP contribution in [0.25, 0.3) is 0 Å². The highest BCUT2D eigenvalue weighted by atomic mass is 31.2. The summed E-state index contributed by atoms with van der Waals surface area (Å²) in [4.78, 5) is 35.2. The highest BCUT2D eigenvalue weighted by Gasteiger charge is 2.39.